The van der Waals surface area contributed by atoms with Crippen molar-refractivity contribution in [3.05, 3.63) is 0 Å². The molecule has 0 spiro atoms. The molecule has 0 aliphatic carbocycles. The molecule has 0 saturated carbocycles. The molecule has 5 unspecified atom stereocenters. The number of hydrogen-bond donors (Lipinski definition) is 3. The van der Waals surface area contributed by atoms with Crippen LogP contribution in [0.2, 0.25) is 0 Å². The van der Waals surface area contributed by atoms with Crippen molar-refractivity contribution in [2.24, 2.45) is 10.8 Å². The van der Waals surface area contributed by atoms with Gasteiger partial charge in [0.05, 0.1) is 19.3 Å². The molecule has 1 rings (SSSR count). The molecule has 0 aromatic rings. The minimum atomic E-state index is -1.04. The summed E-state index contributed by atoms with van der Waals surface area (Å²) in [6.07, 6.45) is -3.66. The third kappa shape index (κ3) is 5.76. The fourth-order valence-electron chi connectivity index (χ4n) is 2.02. The molecule has 3 N–H and O–H groups in total. The maximum atomic E-state index is 10.2. The van der Waals surface area contributed by atoms with E-state index < -0.39 is 30.9 Å². The van der Waals surface area contributed by atoms with Crippen LogP contribution in [0.1, 0.15) is 48.0 Å². The Kier molecular flexibility index (Phi) is 6.80. The lowest BCUT2D eigenvalue weighted by molar-refractivity contribution is -0.170. The zero-order valence-electron chi connectivity index (χ0n) is 14.6. The van der Waals surface area contributed by atoms with Crippen LogP contribution in [0.5, 0.6) is 0 Å². The van der Waals surface area contributed by atoms with Gasteiger partial charge in [-0.15, -0.1) is 0 Å². The minimum Gasteiger partial charge on any atom is -0.390 e. The van der Waals surface area contributed by atoms with E-state index in [1.54, 1.807) is 0 Å². The van der Waals surface area contributed by atoms with Crippen molar-refractivity contribution in [3.8, 4) is 0 Å². The van der Waals surface area contributed by atoms with E-state index in [1.807, 2.05) is 41.5 Å². The predicted octanol–water partition coefficient (Wildman–Crippen LogP) is 1.27. The van der Waals surface area contributed by atoms with Crippen molar-refractivity contribution in [2.45, 2.75) is 78.9 Å². The van der Waals surface area contributed by atoms with E-state index in [2.05, 4.69) is 0 Å². The lowest BCUT2D eigenvalue weighted by Gasteiger charge is -2.28. The molecule has 0 aromatic heterocycles. The molecule has 0 radical (unpaired) electrons. The quantitative estimate of drug-likeness (QED) is 0.639. The first-order valence-corrected chi connectivity index (χ1v) is 7.86. The third-order valence-corrected chi connectivity index (χ3v) is 3.62. The summed E-state index contributed by atoms with van der Waals surface area (Å²) in [5.41, 5.74) is -0.564. The van der Waals surface area contributed by atoms with Crippen LogP contribution in [0.3, 0.4) is 0 Å². The molecule has 0 bridgehead atoms. The predicted molar refractivity (Wildman–Crippen MR) is 82.1 cm³/mol. The molecule has 1 heterocycles. The maximum Gasteiger partial charge on any atom is 0.163 e. The first-order valence-electron chi connectivity index (χ1n) is 7.86. The van der Waals surface area contributed by atoms with Crippen molar-refractivity contribution in [1.29, 1.82) is 0 Å². The van der Waals surface area contributed by atoms with Gasteiger partial charge in [-0.3, -0.25) is 0 Å². The Morgan fingerprint density at radius 3 is 2.14 bits per heavy atom. The second-order valence-corrected chi connectivity index (χ2v) is 8.14. The number of hydrogen-bond acceptors (Lipinski definition) is 6. The second-order valence-electron chi connectivity index (χ2n) is 8.14. The first kappa shape index (κ1) is 19.8. The van der Waals surface area contributed by atoms with Crippen LogP contribution in [0.15, 0.2) is 0 Å². The van der Waals surface area contributed by atoms with Gasteiger partial charge in [0.1, 0.15) is 12.2 Å². The van der Waals surface area contributed by atoms with E-state index in [4.69, 9.17) is 14.2 Å². The third-order valence-electron chi connectivity index (χ3n) is 3.62. The molecular formula is C16H32O6. The van der Waals surface area contributed by atoms with Gasteiger partial charge >= 0.3 is 0 Å². The molecule has 1 fully saturated rings. The topological polar surface area (TPSA) is 88.4 Å². The van der Waals surface area contributed by atoms with Crippen LogP contribution in [-0.2, 0) is 14.2 Å². The van der Waals surface area contributed by atoms with E-state index in [-0.39, 0.29) is 30.5 Å². The highest BCUT2D eigenvalue weighted by Crippen LogP contribution is 2.30. The van der Waals surface area contributed by atoms with Crippen molar-refractivity contribution < 1.29 is 29.5 Å². The molecule has 1 aliphatic heterocycles. The normalized spacial score (nSPS) is 27.7. The maximum absolute atomic E-state index is 10.2. The van der Waals surface area contributed by atoms with Crippen LogP contribution in [0.4, 0.5) is 0 Å². The molecule has 132 valence electrons. The van der Waals surface area contributed by atoms with E-state index in [9.17, 15) is 15.3 Å². The van der Waals surface area contributed by atoms with Crippen LogP contribution >= 0.6 is 0 Å². The largest absolute Gasteiger partial charge is 0.390 e. The van der Waals surface area contributed by atoms with E-state index >= 15 is 0 Å². The molecule has 6 nitrogen and oxygen atoms in total. The lowest BCUT2D eigenvalue weighted by atomic mass is 9.96. The van der Waals surface area contributed by atoms with Crippen molar-refractivity contribution in [1.82, 2.24) is 0 Å². The van der Waals surface area contributed by atoms with Crippen LogP contribution in [0, 0.1) is 10.8 Å². The Balaban J connectivity index is 2.36. The Labute approximate surface area is 133 Å². The van der Waals surface area contributed by atoms with Gasteiger partial charge < -0.3 is 29.5 Å². The fraction of sp³-hybridized carbons (Fsp3) is 1.00. The van der Waals surface area contributed by atoms with Crippen molar-refractivity contribution >= 4 is 0 Å². The monoisotopic (exact) mass is 320 g/mol. The summed E-state index contributed by atoms with van der Waals surface area (Å²) in [5, 5.41) is 30.0. The Morgan fingerprint density at radius 2 is 1.68 bits per heavy atom. The van der Waals surface area contributed by atoms with Crippen LogP contribution in [-0.4, -0.2) is 59.4 Å². The van der Waals surface area contributed by atoms with Crippen LogP contribution < -0.4 is 0 Å². The summed E-state index contributed by atoms with van der Waals surface area (Å²) in [7, 11) is 0. The Morgan fingerprint density at radius 1 is 1.09 bits per heavy atom. The lowest BCUT2D eigenvalue weighted by Crippen LogP contribution is -2.41. The average molecular weight is 320 g/mol. The van der Waals surface area contributed by atoms with Crippen molar-refractivity contribution in [2.75, 3.05) is 13.2 Å². The zero-order chi connectivity index (χ0) is 17.1. The van der Waals surface area contributed by atoms with Gasteiger partial charge in [-0.1, -0.05) is 41.5 Å². The summed E-state index contributed by atoms with van der Waals surface area (Å²) >= 11 is 0. The van der Waals surface area contributed by atoms with E-state index in [0.29, 0.717) is 0 Å². The minimum absolute atomic E-state index is 0.160. The molecule has 6 heteroatoms. The zero-order valence-corrected chi connectivity index (χ0v) is 14.6. The molecule has 5 atom stereocenters. The highest BCUT2D eigenvalue weighted by atomic mass is 16.7. The summed E-state index contributed by atoms with van der Waals surface area (Å²) in [6.45, 7) is 12.0. The van der Waals surface area contributed by atoms with Gasteiger partial charge in [0.2, 0.25) is 0 Å². The number of ether oxygens (including phenoxy) is 3. The Bertz CT molecular complexity index is 333. The van der Waals surface area contributed by atoms with Gasteiger partial charge in [-0.05, 0) is 6.42 Å². The fourth-order valence-corrected chi connectivity index (χ4v) is 2.02. The van der Waals surface area contributed by atoms with Crippen LogP contribution in [0.25, 0.3) is 0 Å². The molecule has 0 aromatic carbocycles. The molecule has 0 amide bonds. The van der Waals surface area contributed by atoms with Gasteiger partial charge in [0.25, 0.3) is 0 Å². The summed E-state index contributed by atoms with van der Waals surface area (Å²) < 4.78 is 16.5. The Hall–Kier alpha value is -0.240. The molecule has 1 aliphatic rings. The second kappa shape index (κ2) is 7.55. The van der Waals surface area contributed by atoms with Crippen molar-refractivity contribution in [3.63, 3.8) is 0 Å². The van der Waals surface area contributed by atoms with Gasteiger partial charge in [0.15, 0.2) is 12.6 Å². The van der Waals surface area contributed by atoms with Gasteiger partial charge in [-0.2, -0.15) is 0 Å². The smallest absolute Gasteiger partial charge is 0.163 e. The molecule has 22 heavy (non-hydrogen) atoms. The SMILES string of the molecule is CC(C)(C)C(O)OCCC(O)C(O)C1COC(C(C)(C)C)O1. The first-order chi connectivity index (χ1) is 9.93. The van der Waals surface area contributed by atoms with E-state index in [1.165, 1.54) is 0 Å². The van der Waals surface area contributed by atoms with Gasteiger partial charge in [-0.25, -0.2) is 0 Å². The standard InChI is InChI=1S/C16H32O6/c1-15(2,3)13(19)20-8-7-10(17)12(18)11-9-21-14(22-11)16(4,5)6/h10-14,17-19H,7-9H2,1-6H3. The summed E-state index contributed by atoms with van der Waals surface area (Å²) in [4.78, 5) is 0. The number of aliphatic hydroxyl groups is 3. The average Bonchev–Trinajstić information content (AvgIpc) is 2.85. The summed E-state index contributed by atoms with van der Waals surface area (Å²) in [5.74, 6) is 0. The molecule has 1 saturated heterocycles. The highest BCUT2D eigenvalue weighted by Gasteiger charge is 2.40. The van der Waals surface area contributed by atoms with E-state index in [0.717, 1.165) is 0 Å². The summed E-state index contributed by atoms with van der Waals surface area (Å²) in [6, 6.07) is 0. The highest BCUT2D eigenvalue weighted by molar-refractivity contribution is 4.83. The number of aliphatic hydroxyl groups excluding tert-OH is 3. The number of rotatable bonds is 6. The van der Waals surface area contributed by atoms with Gasteiger partial charge in [0, 0.05) is 10.8 Å². The molecular weight excluding hydrogens is 288 g/mol.